The van der Waals surface area contributed by atoms with E-state index >= 15 is 0 Å². The second-order valence-corrected chi connectivity index (χ2v) is 6.55. The number of nitrogens with one attached hydrogen (secondary N) is 1. The van der Waals surface area contributed by atoms with Gasteiger partial charge in [0.05, 0.1) is 12.8 Å². The third-order valence-corrected chi connectivity index (χ3v) is 4.81. The van der Waals surface area contributed by atoms with Crippen molar-refractivity contribution < 1.29 is 14.3 Å². The smallest absolute Gasteiger partial charge is 0.255 e. The molecule has 5 nitrogen and oxygen atoms in total. The zero-order chi connectivity index (χ0) is 18.8. The fourth-order valence-corrected chi connectivity index (χ4v) is 3.42. The molecule has 0 unspecified atom stereocenters. The van der Waals surface area contributed by atoms with E-state index in [0.717, 1.165) is 22.9 Å². The first kappa shape index (κ1) is 17.1. The van der Waals surface area contributed by atoms with E-state index in [2.05, 4.69) is 5.32 Å². The van der Waals surface area contributed by atoms with Gasteiger partial charge in [0.15, 0.2) is 0 Å². The van der Waals surface area contributed by atoms with Crippen LogP contribution in [0.5, 0.6) is 5.75 Å². The maximum atomic E-state index is 12.6. The van der Waals surface area contributed by atoms with E-state index in [4.69, 9.17) is 4.74 Å². The van der Waals surface area contributed by atoms with E-state index in [-0.39, 0.29) is 11.8 Å². The van der Waals surface area contributed by atoms with Crippen LogP contribution >= 0.6 is 0 Å². The minimum atomic E-state index is -0.187. The summed E-state index contributed by atoms with van der Waals surface area (Å²) < 4.78 is 5.45. The summed E-state index contributed by atoms with van der Waals surface area (Å²) in [6.45, 7) is 0.692. The first-order valence-corrected chi connectivity index (χ1v) is 8.94. The molecule has 1 N–H and O–H groups in total. The second kappa shape index (κ2) is 7.11. The van der Waals surface area contributed by atoms with Gasteiger partial charge in [0.25, 0.3) is 5.91 Å². The van der Waals surface area contributed by atoms with Gasteiger partial charge in [0, 0.05) is 30.3 Å². The Labute approximate surface area is 157 Å². The molecule has 1 aliphatic heterocycles. The molecule has 0 radical (unpaired) electrons. The number of rotatable bonds is 4. The van der Waals surface area contributed by atoms with E-state index in [0.29, 0.717) is 30.0 Å². The zero-order valence-corrected chi connectivity index (χ0v) is 15.1. The largest absolute Gasteiger partial charge is 0.494 e. The van der Waals surface area contributed by atoms with Crippen molar-refractivity contribution in [3.63, 3.8) is 0 Å². The molecule has 0 aliphatic carbocycles. The molecule has 0 bridgehead atoms. The summed E-state index contributed by atoms with van der Waals surface area (Å²) in [6, 6.07) is 18.9. The third kappa shape index (κ3) is 3.36. The molecule has 27 heavy (non-hydrogen) atoms. The van der Waals surface area contributed by atoms with Crippen molar-refractivity contribution in [1.29, 1.82) is 0 Å². The number of fused-ring (bicyclic) bond motifs is 1. The molecule has 0 atom stereocenters. The van der Waals surface area contributed by atoms with Crippen LogP contribution in [-0.4, -0.2) is 25.5 Å². The van der Waals surface area contributed by atoms with Crippen LogP contribution in [0.4, 0.5) is 11.4 Å². The third-order valence-electron chi connectivity index (χ3n) is 4.81. The highest BCUT2D eigenvalue weighted by Gasteiger charge is 2.24. The fraction of sp³-hybridized carbons (Fsp3) is 0.182. The van der Waals surface area contributed by atoms with E-state index in [1.54, 1.807) is 24.1 Å². The molecule has 136 valence electrons. The van der Waals surface area contributed by atoms with E-state index in [1.165, 1.54) is 0 Å². The highest BCUT2D eigenvalue weighted by molar-refractivity contribution is 6.07. The highest BCUT2D eigenvalue weighted by Crippen LogP contribution is 2.34. The molecule has 0 saturated carbocycles. The Morgan fingerprint density at radius 1 is 1.04 bits per heavy atom. The molecule has 3 aromatic rings. The summed E-state index contributed by atoms with van der Waals surface area (Å²) in [6.07, 6.45) is 1.41. The molecule has 1 fully saturated rings. The van der Waals surface area contributed by atoms with Gasteiger partial charge in [-0.1, -0.05) is 30.3 Å². The summed E-state index contributed by atoms with van der Waals surface area (Å²) in [4.78, 5) is 26.4. The predicted octanol–water partition coefficient (Wildman–Crippen LogP) is 4.23. The Morgan fingerprint density at radius 2 is 1.85 bits per heavy atom. The Morgan fingerprint density at radius 3 is 2.59 bits per heavy atom. The number of carbonyl (C=O) groups excluding carboxylic acids is 2. The second-order valence-electron chi connectivity index (χ2n) is 6.55. The Kier molecular flexibility index (Phi) is 4.50. The van der Waals surface area contributed by atoms with Gasteiger partial charge in [-0.3, -0.25) is 9.59 Å². The van der Waals surface area contributed by atoms with Crippen LogP contribution in [0, 0.1) is 0 Å². The number of hydrogen-bond donors (Lipinski definition) is 1. The topological polar surface area (TPSA) is 58.6 Å². The fourth-order valence-electron chi connectivity index (χ4n) is 3.42. The molecule has 2 amide bonds. The van der Waals surface area contributed by atoms with Crippen LogP contribution in [0.1, 0.15) is 23.2 Å². The molecular weight excluding hydrogens is 340 g/mol. The number of anilines is 2. The lowest BCUT2D eigenvalue weighted by molar-refractivity contribution is -0.117. The minimum absolute atomic E-state index is 0.0984. The molecule has 0 aromatic heterocycles. The number of benzene rings is 3. The zero-order valence-electron chi connectivity index (χ0n) is 15.1. The van der Waals surface area contributed by atoms with Crippen molar-refractivity contribution in [2.75, 3.05) is 23.9 Å². The molecule has 3 aromatic carbocycles. The van der Waals surface area contributed by atoms with Crippen LogP contribution in [0.2, 0.25) is 0 Å². The average molecular weight is 360 g/mol. The summed E-state index contributed by atoms with van der Waals surface area (Å²) in [7, 11) is 1.56. The monoisotopic (exact) mass is 360 g/mol. The quantitative estimate of drug-likeness (QED) is 0.757. The van der Waals surface area contributed by atoms with Gasteiger partial charge in [0.1, 0.15) is 5.75 Å². The number of ether oxygens (including phenoxy) is 1. The van der Waals surface area contributed by atoms with E-state index < -0.39 is 0 Å². The molecule has 5 heteroatoms. The average Bonchev–Trinajstić information content (AvgIpc) is 3.13. The van der Waals surface area contributed by atoms with Crippen LogP contribution in [0.25, 0.3) is 10.8 Å². The minimum Gasteiger partial charge on any atom is -0.494 e. The Hall–Kier alpha value is -3.34. The number of hydrogen-bond acceptors (Lipinski definition) is 3. The normalized spacial score (nSPS) is 13.8. The van der Waals surface area contributed by atoms with Gasteiger partial charge in [-0.05, 0) is 41.5 Å². The number of nitrogens with zero attached hydrogens (tertiary/aromatic N) is 1. The van der Waals surface area contributed by atoms with Crippen molar-refractivity contribution >= 4 is 34.0 Å². The van der Waals surface area contributed by atoms with Crippen molar-refractivity contribution in [2.45, 2.75) is 12.8 Å². The summed E-state index contributed by atoms with van der Waals surface area (Å²) in [5.41, 5.74) is 1.95. The predicted molar refractivity (Wildman–Crippen MR) is 106 cm³/mol. The molecule has 4 rings (SSSR count). The van der Waals surface area contributed by atoms with Crippen LogP contribution in [0.3, 0.4) is 0 Å². The number of methoxy groups -OCH3 is 1. The lowest BCUT2D eigenvalue weighted by Gasteiger charge is -2.19. The first-order valence-electron chi connectivity index (χ1n) is 8.94. The lowest BCUT2D eigenvalue weighted by Crippen LogP contribution is -2.24. The SMILES string of the molecule is COc1cc(NC(=O)c2ccc3ccccc3c2)ccc1N1CCCC1=O. The lowest BCUT2D eigenvalue weighted by atomic mass is 10.1. The molecule has 1 heterocycles. The Bertz CT molecular complexity index is 1030. The summed E-state index contributed by atoms with van der Waals surface area (Å²) in [5, 5.41) is 5.02. The molecule has 0 spiro atoms. The van der Waals surface area contributed by atoms with E-state index in [1.807, 2.05) is 48.5 Å². The standard InChI is InChI=1S/C22H20N2O3/c1-27-20-14-18(10-11-19(20)24-12-4-7-21(24)25)23-22(26)17-9-8-15-5-2-3-6-16(15)13-17/h2-3,5-6,8-11,13-14H,4,7,12H2,1H3,(H,23,26). The highest BCUT2D eigenvalue weighted by atomic mass is 16.5. The van der Waals surface area contributed by atoms with Gasteiger partial charge in [0.2, 0.25) is 5.91 Å². The maximum Gasteiger partial charge on any atom is 0.255 e. The summed E-state index contributed by atoms with van der Waals surface area (Å²) >= 11 is 0. The Balaban J connectivity index is 1.57. The van der Waals surface area contributed by atoms with Gasteiger partial charge in [-0.25, -0.2) is 0 Å². The van der Waals surface area contributed by atoms with Crippen LogP contribution in [0.15, 0.2) is 60.7 Å². The molecule has 1 saturated heterocycles. The van der Waals surface area contributed by atoms with Gasteiger partial charge < -0.3 is 15.0 Å². The van der Waals surface area contributed by atoms with E-state index in [9.17, 15) is 9.59 Å². The van der Waals surface area contributed by atoms with Crippen LogP contribution in [-0.2, 0) is 4.79 Å². The van der Waals surface area contributed by atoms with Crippen LogP contribution < -0.4 is 15.0 Å². The number of amides is 2. The first-order chi connectivity index (χ1) is 13.2. The van der Waals surface area contributed by atoms with Gasteiger partial charge in [-0.2, -0.15) is 0 Å². The summed E-state index contributed by atoms with van der Waals surface area (Å²) in [5.74, 6) is 0.482. The van der Waals surface area contributed by atoms with Gasteiger partial charge >= 0.3 is 0 Å². The van der Waals surface area contributed by atoms with Crippen molar-refractivity contribution in [3.8, 4) is 5.75 Å². The van der Waals surface area contributed by atoms with Crippen molar-refractivity contribution in [2.24, 2.45) is 0 Å². The van der Waals surface area contributed by atoms with Crippen molar-refractivity contribution in [1.82, 2.24) is 0 Å². The van der Waals surface area contributed by atoms with Gasteiger partial charge in [-0.15, -0.1) is 0 Å². The van der Waals surface area contributed by atoms with Crippen molar-refractivity contribution in [3.05, 3.63) is 66.2 Å². The molecule has 1 aliphatic rings. The number of carbonyl (C=O) groups is 2. The maximum absolute atomic E-state index is 12.6. The molecular formula is C22H20N2O3.